The van der Waals surface area contributed by atoms with E-state index in [0.29, 0.717) is 0 Å². The molecule has 0 amide bonds. The highest BCUT2D eigenvalue weighted by Crippen LogP contribution is 2.25. The predicted octanol–water partition coefficient (Wildman–Crippen LogP) is 3.88. The minimum Gasteiger partial charge on any atom is -0.251 e. The van der Waals surface area contributed by atoms with Crippen LogP contribution in [0.2, 0.25) is 0 Å². The quantitative estimate of drug-likeness (QED) is 0.638. The Labute approximate surface area is 101 Å². The number of hydrogen-bond donors (Lipinski definition) is 1. The molecule has 2 heteroatoms. The first kappa shape index (κ1) is 11.8. The van der Waals surface area contributed by atoms with Crippen LogP contribution in [0, 0.1) is 13.8 Å². The van der Waals surface area contributed by atoms with Gasteiger partial charge < -0.3 is 0 Å². The predicted molar refractivity (Wildman–Crippen MR) is 67.9 cm³/mol. The summed E-state index contributed by atoms with van der Waals surface area (Å²) < 4.78 is 0. The van der Waals surface area contributed by atoms with Gasteiger partial charge in [0.2, 0.25) is 0 Å². The summed E-state index contributed by atoms with van der Waals surface area (Å²) in [7, 11) is 0. The summed E-state index contributed by atoms with van der Waals surface area (Å²) in [6.07, 6.45) is -0.420. The van der Waals surface area contributed by atoms with Crippen molar-refractivity contribution in [3.8, 4) is 0 Å². The molecule has 0 aliphatic rings. The van der Waals surface area contributed by atoms with Crippen LogP contribution in [0.1, 0.15) is 28.4 Å². The van der Waals surface area contributed by atoms with Crippen LogP contribution in [0.4, 0.5) is 0 Å². The molecule has 0 unspecified atom stereocenters. The van der Waals surface area contributed by atoms with E-state index < -0.39 is 6.10 Å². The van der Waals surface area contributed by atoms with Crippen LogP contribution in [0.3, 0.4) is 0 Å². The van der Waals surface area contributed by atoms with Gasteiger partial charge in [-0.2, -0.15) is 0 Å². The van der Waals surface area contributed by atoms with Crippen molar-refractivity contribution < 1.29 is 10.1 Å². The lowest BCUT2D eigenvalue weighted by atomic mass is 10.00. The molecule has 0 radical (unpaired) electrons. The number of aryl methyl sites for hydroxylation is 2. The number of rotatable bonds is 3. The van der Waals surface area contributed by atoms with Gasteiger partial charge in [0.25, 0.3) is 0 Å². The lowest BCUT2D eigenvalue weighted by molar-refractivity contribution is -0.270. The first-order chi connectivity index (χ1) is 8.20. The van der Waals surface area contributed by atoms with Crippen molar-refractivity contribution in [2.24, 2.45) is 0 Å². The molecular formula is C15H16O2. The van der Waals surface area contributed by atoms with Gasteiger partial charge in [0, 0.05) is 0 Å². The number of benzene rings is 2. The van der Waals surface area contributed by atoms with Crippen molar-refractivity contribution >= 4 is 0 Å². The second-order valence-corrected chi connectivity index (χ2v) is 4.31. The fourth-order valence-corrected chi connectivity index (χ4v) is 1.80. The van der Waals surface area contributed by atoms with E-state index in [1.54, 1.807) is 0 Å². The van der Waals surface area contributed by atoms with Gasteiger partial charge in [-0.15, -0.1) is 0 Å². The third kappa shape index (κ3) is 2.73. The molecule has 2 aromatic rings. The van der Waals surface area contributed by atoms with E-state index in [1.807, 2.05) is 62.4 Å². The third-order valence-electron chi connectivity index (χ3n) is 2.87. The fourth-order valence-electron chi connectivity index (χ4n) is 1.80. The van der Waals surface area contributed by atoms with Crippen LogP contribution in [0.5, 0.6) is 0 Å². The SMILES string of the molecule is Cc1ccc(C(OO)c2ccc(C)cc2)cc1. The highest BCUT2D eigenvalue weighted by molar-refractivity contribution is 5.33. The van der Waals surface area contributed by atoms with E-state index in [2.05, 4.69) is 4.89 Å². The van der Waals surface area contributed by atoms with Crippen molar-refractivity contribution in [2.45, 2.75) is 20.0 Å². The van der Waals surface area contributed by atoms with Gasteiger partial charge in [-0.1, -0.05) is 59.7 Å². The van der Waals surface area contributed by atoms with Crippen molar-refractivity contribution in [1.29, 1.82) is 0 Å². The summed E-state index contributed by atoms with van der Waals surface area (Å²) in [5.74, 6) is 0. The van der Waals surface area contributed by atoms with Crippen LogP contribution >= 0.6 is 0 Å². The summed E-state index contributed by atoms with van der Waals surface area (Å²) >= 11 is 0. The van der Waals surface area contributed by atoms with Crippen LogP contribution in [0.25, 0.3) is 0 Å². The first-order valence-electron chi connectivity index (χ1n) is 5.64. The Morgan fingerprint density at radius 3 is 1.41 bits per heavy atom. The Bertz CT molecular complexity index is 426. The Morgan fingerprint density at radius 2 is 1.12 bits per heavy atom. The maximum Gasteiger partial charge on any atom is 0.143 e. The molecule has 2 rings (SSSR count). The maximum absolute atomic E-state index is 9.07. The van der Waals surface area contributed by atoms with E-state index in [4.69, 9.17) is 5.26 Å². The average Bonchev–Trinajstić information content (AvgIpc) is 2.35. The van der Waals surface area contributed by atoms with Crippen molar-refractivity contribution in [3.63, 3.8) is 0 Å². The molecule has 0 spiro atoms. The maximum atomic E-state index is 9.07. The summed E-state index contributed by atoms with van der Waals surface area (Å²) in [5.41, 5.74) is 4.27. The van der Waals surface area contributed by atoms with E-state index in [9.17, 15) is 0 Å². The third-order valence-corrected chi connectivity index (χ3v) is 2.87. The highest BCUT2D eigenvalue weighted by atomic mass is 17.1. The van der Waals surface area contributed by atoms with Crippen LogP contribution < -0.4 is 0 Å². The van der Waals surface area contributed by atoms with Gasteiger partial charge in [-0.3, -0.25) is 5.26 Å². The van der Waals surface area contributed by atoms with Gasteiger partial charge in [-0.05, 0) is 25.0 Å². The first-order valence-corrected chi connectivity index (χ1v) is 5.64. The standard InChI is InChI=1S/C15H16O2/c1-11-3-7-13(8-4-11)15(17-16)14-9-5-12(2)6-10-14/h3-10,15-16H,1-2H3. The molecule has 17 heavy (non-hydrogen) atoms. The van der Waals surface area contributed by atoms with Gasteiger partial charge in [0.1, 0.15) is 6.10 Å². The Balaban J connectivity index is 2.33. The van der Waals surface area contributed by atoms with E-state index in [0.717, 1.165) is 11.1 Å². The topological polar surface area (TPSA) is 29.5 Å². The average molecular weight is 228 g/mol. The van der Waals surface area contributed by atoms with E-state index in [-0.39, 0.29) is 0 Å². The van der Waals surface area contributed by atoms with Gasteiger partial charge in [0.15, 0.2) is 0 Å². The lowest BCUT2D eigenvalue weighted by Crippen LogP contribution is -2.03. The molecule has 0 aliphatic heterocycles. The largest absolute Gasteiger partial charge is 0.251 e. The minimum absolute atomic E-state index is 0.420. The summed E-state index contributed by atoms with van der Waals surface area (Å²) in [4.78, 5) is 4.60. The highest BCUT2D eigenvalue weighted by Gasteiger charge is 2.14. The van der Waals surface area contributed by atoms with Gasteiger partial charge >= 0.3 is 0 Å². The minimum atomic E-state index is -0.420. The summed E-state index contributed by atoms with van der Waals surface area (Å²) in [6.45, 7) is 4.06. The Hall–Kier alpha value is -1.64. The Kier molecular flexibility index (Phi) is 3.57. The number of hydrogen-bond acceptors (Lipinski definition) is 2. The zero-order valence-corrected chi connectivity index (χ0v) is 10.1. The molecule has 0 saturated heterocycles. The second kappa shape index (κ2) is 5.13. The smallest absolute Gasteiger partial charge is 0.143 e. The molecule has 0 heterocycles. The monoisotopic (exact) mass is 228 g/mol. The molecule has 0 fully saturated rings. The zero-order chi connectivity index (χ0) is 12.3. The molecule has 0 aromatic heterocycles. The van der Waals surface area contributed by atoms with Crippen LogP contribution in [-0.2, 0) is 4.89 Å². The molecular weight excluding hydrogens is 212 g/mol. The second-order valence-electron chi connectivity index (χ2n) is 4.31. The van der Waals surface area contributed by atoms with Gasteiger partial charge in [0.05, 0.1) is 0 Å². The van der Waals surface area contributed by atoms with E-state index >= 15 is 0 Å². The van der Waals surface area contributed by atoms with Crippen molar-refractivity contribution in [2.75, 3.05) is 0 Å². The van der Waals surface area contributed by atoms with Crippen LogP contribution in [0.15, 0.2) is 48.5 Å². The molecule has 0 aliphatic carbocycles. The molecule has 2 nitrogen and oxygen atoms in total. The van der Waals surface area contributed by atoms with Gasteiger partial charge in [-0.25, -0.2) is 4.89 Å². The molecule has 88 valence electrons. The molecule has 0 saturated carbocycles. The van der Waals surface area contributed by atoms with Crippen molar-refractivity contribution in [3.05, 3.63) is 70.8 Å². The summed E-state index contributed by atoms with van der Waals surface area (Å²) in [5, 5.41) is 9.07. The van der Waals surface area contributed by atoms with Crippen LogP contribution in [-0.4, -0.2) is 5.26 Å². The van der Waals surface area contributed by atoms with E-state index in [1.165, 1.54) is 11.1 Å². The van der Waals surface area contributed by atoms with Crippen molar-refractivity contribution in [1.82, 2.24) is 0 Å². The Morgan fingerprint density at radius 1 is 0.765 bits per heavy atom. The molecule has 0 bridgehead atoms. The molecule has 0 atom stereocenters. The summed E-state index contributed by atoms with van der Waals surface area (Å²) in [6, 6.07) is 15.9. The molecule has 2 aromatic carbocycles. The lowest BCUT2D eigenvalue weighted by Gasteiger charge is -2.14. The zero-order valence-electron chi connectivity index (χ0n) is 10.1. The fraction of sp³-hybridized carbons (Fsp3) is 0.200. The normalized spacial score (nSPS) is 10.8. The molecule has 1 N–H and O–H groups in total.